The zero-order valence-electron chi connectivity index (χ0n) is 14.5. The SMILES string of the molecule is O=C(O)c1ccc(OCC(O)CNCCNC(=O)N2CCOCC2)cc1. The quantitative estimate of drug-likeness (QED) is 0.445. The fourth-order valence-corrected chi connectivity index (χ4v) is 2.35. The Balaban J connectivity index is 1.53. The van der Waals surface area contributed by atoms with Crippen LogP contribution in [0.25, 0.3) is 0 Å². The van der Waals surface area contributed by atoms with E-state index in [1.54, 1.807) is 17.0 Å². The van der Waals surface area contributed by atoms with Gasteiger partial charge in [-0.25, -0.2) is 9.59 Å². The van der Waals surface area contributed by atoms with Crippen molar-refractivity contribution in [3.05, 3.63) is 29.8 Å². The highest BCUT2D eigenvalue weighted by Crippen LogP contribution is 2.12. The van der Waals surface area contributed by atoms with Gasteiger partial charge in [-0.15, -0.1) is 0 Å². The number of ether oxygens (including phenoxy) is 2. The lowest BCUT2D eigenvalue weighted by Crippen LogP contribution is -2.47. The van der Waals surface area contributed by atoms with Gasteiger partial charge in [-0.05, 0) is 24.3 Å². The van der Waals surface area contributed by atoms with E-state index >= 15 is 0 Å². The number of carbonyl (C=O) groups is 2. The van der Waals surface area contributed by atoms with Crippen molar-refractivity contribution in [1.82, 2.24) is 15.5 Å². The van der Waals surface area contributed by atoms with E-state index in [2.05, 4.69) is 10.6 Å². The van der Waals surface area contributed by atoms with Crippen molar-refractivity contribution in [3.8, 4) is 5.75 Å². The smallest absolute Gasteiger partial charge is 0.335 e. The van der Waals surface area contributed by atoms with Gasteiger partial charge in [-0.3, -0.25) is 0 Å². The average molecular weight is 367 g/mol. The Morgan fingerprint density at radius 3 is 2.54 bits per heavy atom. The Morgan fingerprint density at radius 1 is 1.19 bits per heavy atom. The second kappa shape index (κ2) is 10.6. The van der Waals surface area contributed by atoms with E-state index < -0.39 is 12.1 Å². The first-order valence-electron chi connectivity index (χ1n) is 8.51. The second-order valence-corrected chi connectivity index (χ2v) is 5.83. The van der Waals surface area contributed by atoms with Crippen LogP contribution in [0.1, 0.15) is 10.4 Å². The number of carbonyl (C=O) groups excluding carboxylic acids is 1. The largest absolute Gasteiger partial charge is 0.491 e. The highest BCUT2D eigenvalue weighted by molar-refractivity contribution is 5.87. The minimum atomic E-state index is -0.999. The number of benzene rings is 1. The van der Waals surface area contributed by atoms with E-state index in [-0.39, 0.29) is 18.2 Å². The van der Waals surface area contributed by atoms with Crippen LogP contribution in [-0.2, 0) is 4.74 Å². The number of nitrogens with zero attached hydrogens (tertiary/aromatic N) is 1. The summed E-state index contributed by atoms with van der Waals surface area (Å²) in [6, 6.07) is 5.87. The summed E-state index contributed by atoms with van der Waals surface area (Å²) in [5.41, 5.74) is 0.179. The molecular formula is C17H25N3O6. The van der Waals surface area contributed by atoms with Gasteiger partial charge in [0.1, 0.15) is 18.5 Å². The molecule has 1 aromatic carbocycles. The maximum atomic E-state index is 11.8. The minimum absolute atomic E-state index is 0.0829. The van der Waals surface area contributed by atoms with Crippen molar-refractivity contribution in [2.45, 2.75) is 6.10 Å². The first-order valence-corrected chi connectivity index (χ1v) is 8.51. The number of urea groups is 1. The lowest BCUT2D eigenvalue weighted by molar-refractivity contribution is 0.0532. The summed E-state index contributed by atoms with van der Waals surface area (Å²) in [6.45, 7) is 3.72. The van der Waals surface area contributed by atoms with Crippen LogP contribution in [0.2, 0.25) is 0 Å². The Hall–Kier alpha value is -2.36. The van der Waals surface area contributed by atoms with Crippen molar-refractivity contribution < 1.29 is 29.3 Å². The summed E-state index contributed by atoms with van der Waals surface area (Å²) < 4.78 is 10.6. The number of morpholine rings is 1. The summed E-state index contributed by atoms with van der Waals surface area (Å²) in [5.74, 6) is -0.506. The van der Waals surface area contributed by atoms with Gasteiger partial charge in [0.15, 0.2) is 0 Å². The normalized spacial score (nSPS) is 15.3. The van der Waals surface area contributed by atoms with Crippen LogP contribution < -0.4 is 15.4 Å². The zero-order valence-corrected chi connectivity index (χ0v) is 14.5. The van der Waals surface area contributed by atoms with Gasteiger partial charge in [0, 0.05) is 32.7 Å². The van der Waals surface area contributed by atoms with E-state index in [0.717, 1.165) is 0 Å². The molecule has 1 aliphatic rings. The topological polar surface area (TPSA) is 120 Å². The molecule has 1 heterocycles. The third kappa shape index (κ3) is 6.87. The van der Waals surface area contributed by atoms with Crippen LogP contribution in [0.3, 0.4) is 0 Å². The lowest BCUT2D eigenvalue weighted by Gasteiger charge is -2.27. The summed E-state index contributed by atoms with van der Waals surface area (Å²) in [4.78, 5) is 24.3. The first kappa shape index (κ1) is 20.0. The number of amides is 2. The molecule has 0 bridgehead atoms. The third-order valence-electron chi connectivity index (χ3n) is 3.80. The summed E-state index contributed by atoms with van der Waals surface area (Å²) in [6.07, 6.45) is -0.718. The number of rotatable bonds is 9. The molecule has 0 radical (unpaired) electrons. The van der Waals surface area contributed by atoms with E-state index in [1.807, 2.05) is 0 Å². The molecular weight excluding hydrogens is 342 g/mol. The van der Waals surface area contributed by atoms with Gasteiger partial charge in [0.2, 0.25) is 0 Å². The molecule has 0 spiro atoms. The molecule has 1 atom stereocenters. The number of carboxylic acid groups (broad SMARTS) is 1. The van der Waals surface area contributed by atoms with Gasteiger partial charge < -0.3 is 35.2 Å². The second-order valence-electron chi connectivity index (χ2n) is 5.83. The number of aliphatic hydroxyl groups excluding tert-OH is 1. The monoisotopic (exact) mass is 367 g/mol. The Kier molecular flexibility index (Phi) is 8.13. The molecule has 1 unspecified atom stereocenters. The van der Waals surface area contributed by atoms with Crippen LogP contribution in [-0.4, -0.2) is 85.8 Å². The van der Waals surface area contributed by atoms with E-state index in [9.17, 15) is 14.7 Å². The van der Waals surface area contributed by atoms with Gasteiger partial charge >= 0.3 is 12.0 Å². The lowest BCUT2D eigenvalue weighted by atomic mass is 10.2. The van der Waals surface area contributed by atoms with Crippen LogP contribution in [0.15, 0.2) is 24.3 Å². The summed E-state index contributed by atoms with van der Waals surface area (Å²) in [5, 5.41) is 24.5. The van der Waals surface area contributed by atoms with E-state index in [4.69, 9.17) is 14.6 Å². The molecule has 0 aliphatic carbocycles. The van der Waals surface area contributed by atoms with Crippen molar-refractivity contribution in [1.29, 1.82) is 0 Å². The number of aliphatic hydroxyl groups is 1. The predicted molar refractivity (Wildman–Crippen MR) is 93.6 cm³/mol. The van der Waals surface area contributed by atoms with E-state index in [1.165, 1.54) is 12.1 Å². The predicted octanol–water partition coefficient (Wildman–Crippen LogP) is -0.244. The molecule has 0 saturated carbocycles. The highest BCUT2D eigenvalue weighted by atomic mass is 16.5. The first-order chi connectivity index (χ1) is 12.6. The summed E-state index contributed by atoms with van der Waals surface area (Å²) in [7, 11) is 0. The molecule has 2 rings (SSSR count). The third-order valence-corrected chi connectivity index (χ3v) is 3.80. The Morgan fingerprint density at radius 2 is 1.88 bits per heavy atom. The molecule has 0 aromatic heterocycles. The van der Waals surface area contributed by atoms with Gasteiger partial charge in [0.25, 0.3) is 0 Å². The Labute approximate surface area is 151 Å². The van der Waals surface area contributed by atoms with Gasteiger partial charge in [-0.2, -0.15) is 0 Å². The van der Waals surface area contributed by atoms with Crippen LogP contribution in [0, 0.1) is 0 Å². The molecule has 1 saturated heterocycles. The van der Waals surface area contributed by atoms with Crippen molar-refractivity contribution in [3.63, 3.8) is 0 Å². The van der Waals surface area contributed by atoms with Gasteiger partial charge in [0.05, 0.1) is 18.8 Å². The molecule has 1 aliphatic heterocycles. The molecule has 26 heavy (non-hydrogen) atoms. The number of hydrogen-bond donors (Lipinski definition) is 4. The maximum Gasteiger partial charge on any atom is 0.335 e. The van der Waals surface area contributed by atoms with Crippen molar-refractivity contribution >= 4 is 12.0 Å². The van der Waals surface area contributed by atoms with Crippen molar-refractivity contribution in [2.24, 2.45) is 0 Å². The molecule has 4 N–H and O–H groups in total. The minimum Gasteiger partial charge on any atom is -0.491 e. The standard InChI is InChI=1S/C17H25N3O6/c21-14(12-26-15-3-1-13(2-4-15)16(22)23)11-18-5-6-19-17(24)20-7-9-25-10-8-20/h1-4,14,18,21H,5-12H2,(H,19,24)(H,22,23). The number of aromatic carboxylic acids is 1. The molecule has 1 fully saturated rings. The Bertz CT molecular complexity index is 574. The number of hydrogen-bond acceptors (Lipinski definition) is 6. The van der Waals surface area contributed by atoms with Crippen LogP contribution in [0.4, 0.5) is 4.79 Å². The number of carboxylic acids is 1. The molecule has 9 nitrogen and oxygen atoms in total. The summed E-state index contributed by atoms with van der Waals surface area (Å²) >= 11 is 0. The zero-order chi connectivity index (χ0) is 18.8. The van der Waals surface area contributed by atoms with E-state index in [0.29, 0.717) is 51.7 Å². The number of nitrogens with one attached hydrogen (secondary N) is 2. The fraction of sp³-hybridized carbons (Fsp3) is 0.529. The molecule has 9 heteroatoms. The van der Waals surface area contributed by atoms with Crippen LogP contribution >= 0.6 is 0 Å². The average Bonchev–Trinajstić information content (AvgIpc) is 2.67. The van der Waals surface area contributed by atoms with Gasteiger partial charge in [-0.1, -0.05) is 0 Å². The van der Waals surface area contributed by atoms with Crippen molar-refractivity contribution in [2.75, 3.05) is 52.5 Å². The highest BCUT2D eigenvalue weighted by Gasteiger charge is 2.15. The van der Waals surface area contributed by atoms with Crippen LogP contribution in [0.5, 0.6) is 5.75 Å². The molecule has 144 valence electrons. The molecule has 2 amide bonds. The fourth-order valence-electron chi connectivity index (χ4n) is 2.35. The molecule has 1 aromatic rings. The maximum absolute atomic E-state index is 11.8.